The number of rotatable bonds is 8. The molecule has 2 aromatic rings. The molecule has 3 rings (SSSR count). The number of ether oxygens (including phenoxy) is 2. The van der Waals surface area contributed by atoms with E-state index in [1.54, 1.807) is 30.3 Å². The predicted molar refractivity (Wildman–Crippen MR) is 114 cm³/mol. The number of nitrogens with zero attached hydrogens (tertiary/aromatic N) is 2. The number of aliphatic hydroxyl groups is 1. The number of carbonyl (C=O) groups is 1. The van der Waals surface area contributed by atoms with Crippen LogP contribution in [0.4, 0.5) is 15.8 Å². The monoisotopic (exact) mass is 433 g/mol. The average molecular weight is 433 g/mol. The topological polar surface area (TPSA) is 94.5 Å². The number of nitrogens with one attached hydrogen (secondary N) is 1. The van der Waals surface area contributed by atoms with Gasteiger partial charge in [0.15, 0.2) is 11.5 Å². The van der Waals surface area contributed by atoms with Crippen LogP contribution in [0.15, 0.2) is 42.5 Å². The van der Waals surface area contributed by atoms with Crippen molar-refractivity contribution >= 4 is 17.3 Å². The standard InChI is InChI=1S/C22H28FN3O5/c1-15(27)24-17-5-8-21(22(13-17)30-2)31-12-9-20(28)19-14-25(10-11-26(19)29)18-6-3-16(23)4-7-18/h3-8,13,19-20,28-29H,9-12,14H2,1-2H3,(H,24,27). The molecule has 1 amide bonds. The van der Waals surface area contributed by atoms with Gasteiger partial charge in [-0.15, -0.1) is 0 Å². The third-order valence-corrected chi connectivity index (χ3v) is 5.18. The number of benzene rings is 2. The van der Waals surface area contributed by atoms with Crippen molar-refractivity contribution in [3.8, 4) is 11.5 Å². The Morgan fingerprint density at radius 3 is 2.65 bits per heavy atom. The number of amides is 1. The van der Waals surface area contributed by atoms with Crippen LogP contribution in [0, 0.1) is 5.82 Å². The summed E-state index contributed by atoms with van der Waals surface area (Å²) < 4.78 is 24.2. The third-order valence-electron chi connectivity index (χ3n) is 5.18. The van der Waals surface area contributed by atoms with Gasteiger partial charge in [0.05, 0.1) is 25.9 Å². The van der Waals surface area contributed by atoms with Crippen molar-refractivity contribution in [1.29, 1.82) is 0 Å². The minimum absolute atomic E-state index is 0.186. The minimum atomic E-state index is -0.835. The first-order valence-electron chi connectivity index (χ1n) is 10.1. The van der Waals surface area contributed by atoms with E-state index in [1.807, 2.05) is 4.90 Å². The summed E-state index contributed by atoms with van der Waals surface area (Å²) in [7, 11) is 1.50. The van der Waals surface area contributed by atoms with Crippen LogP contribution in [-0.2, 0) is 4.79 Å². The Bertz CT molecular complexity index is 880. The van der Waals surface area contributed by atoms with Crippen molar-refractivity contribution in [3.05, 3.63) is 48.3 Å². The van der Waals surface area contributed by atoms with Crippen molar-refractivity contribution in [2.24, 2.45) is 0 Å². The van der Waals surface area contributed by atoms with Gasteiger partial charge in [-0.2, -0.15) is 5.06 Å². The van der Waals surface area contributed by atoms with Crippen LogP contribution in [0.25, 0.3) is 0 Å². The molecule has 1 aliphatic heterocycles. The Labute approximate surface area is 180 Å². The molecule has 1 aliphatic rings. The van der Waals surface area contributed by atoms with Crippen LogP contribution in [0.1, 0.15) is 13.3 Å². The van der Waals surface area contributed by atoms with E-state index in [0.29, 0.717) is 36.8 Å². The number of carbonyl (C=O) groups excluding carboxylic acids is 1. The highest BCUT2D eigenvalue weighted by atomic mass is 19.1. The molecule has 31 heavy (non-hydrogen) atoms. The normalized spacial score (nSPS) is 17.8. The van der Waals surface area contributed by atoms with Crippen molar-refractivity contribution in [1.82, 2.24) is 5.06 Å². The lowest BCUT2D eigenvalue weighted by Crippen LogP contribution is -2.56. The fraction of sp³-hybridized carbons (Fsp3) is 0.409. The van der Waals surface area contributed by atoms with E-state index in [0.717, 1.165) is 10.8 Å². The number of hydrogen-bond donors (Lipinski definition) is 3. The molecule has 0 aliphatic carbocycles. The molecule has 0 saturated carbocycles. The van der Waals surface area contributed by atoms with E-state index in [9.17, 15) is 19.5 Å². The quantitative estimate of drug-likeness (QED) is 0.589. The molecule has 8 nitrogen and oxygen atoms in total. The maximum absolute atomic E-state index is 13.2. The lowest BCUT2D eigenvalue weighted by molar-refractivity contribution is -0.160. The van der Waals surface area contributed by atoms with Crippen LogP contribution in [0.5, 0.6) is 11.5 Å². The van der Waals surface area contributed by atoms with Crippen LogP contribution in [0.3, 0.4) is 0 Å². The SMILES string of the molecule is COc1cc(NC(C)=O)ccc1OCCC(O)C1CN(c2ccc(F)cc2)CCN1O. The molecular weight excluding hydrogens is 405 g/mol. The van der Waals surface area contributed by atoms with Crippen LogP contribution in [0.2, 0.25) is 0 Å². The Hall–Kier alpha value is -2.88. The van der Waals surface area contributed by atoms with Crippen LogP contribution in [-0.4, -0.2) is 66.8 Å². The van der Waals surface area contributed by atoms with Gasteiger partial charge in [-0.05, 0) is 36.4 Å². The Morgan fingerprint density at radius 2 is 1.97 bits per heavy atom. The van der Waals surface area contributed by atoms with E-state index in [4.69, 9.17) is 9.47 Å². The van der Waals surface area contributed by atoms with E-state index < -0.39 is 12.1 Å². The Morgan fingerprint density at radius 1 is 1.23 bits per heavy atom. The maximum Gasteiger partial charge on any atom is 0.221 e. The first kappa shape index (κ1) is 22.8. The van der Waals surface area contributed by atoms with Crippen LogP contribution >= 0.6 is 0 Å². The van der Waals surface area contributed by atoms with Crippen molar-refractivity contribution < 1.29 is 29.0 Å². The number of piperazine rings is 1. The van der Waals surface area contributed by atoms with Gasteiger partial charge in [0.2, 0.25) is 5.91 Å². The number of methoxy groups -OCH3 is 1. The second kappa shape index (κ2) is 10.4. The number of halogens is 1. The third kappa shape index (κ3) is 6.06. The molecule has 1 fully saturated rings. The van der Waals surface area contributed by atoms with Gasteiger partial charge in [0.1, 0.15) is 5.82 Å². The van der Waals surface area contributed by atoms with E-state index >= 15 is 0 Å². The summed E-state index contributed by atoms with van der Waals surface area (Å²) in [6.07, 6.45) is -0.548. The molecule has 0 aromatic heterocycles. The summed E-state index contributed by atoms with van der Waals surface area (Å²) in [5, 5.41) is 24.7. The average Bonchev–Trinajstić information content (AvgIpc) is 2.75. The minimum Gasteiger partial charge on any atom is -0.493 e. The lowest BCUT2D eigenvalue weighted by atomic mass is 10.0. The summed E-state index contributed by atoms with van der Waals surface area (Å²) >= 11 is 0. The second-order valence-corrected chi connectivity index (χ2v) is 7.40. The summed E-state index contributed by atoms with van der Waals surface area (Å²) in [6.45, 7) is 2.96. The molecule has 3 N–H and O–H groups in total. The Balaban J connectivity index is 1.56. The molecule has 2 atom stereocenters. The van der Waals surface area contributed by atoms with E-state index in [-0.39, 0.29) is 24.8 Å². The molecule has 168 valence electrons. The Kier molecular flexibility index (Phi) is 7.67. The van der Waals surface area contributed by atoms with Gasteiger partial charge in [-0.3, -0.25) is 4.79 Å². The van der Waals surface area contributed by atoms with Crippen molar-refractivity contribution in [2.45, 2.75) is 25.5 Å². The molecule has 2 aromatic carbocycles. The van der Waals surface area contributed by atoms with Gasteiger partial charge in [-0.1, -0.05) is 0 Å². The molecule has 0 spiro atoms. The molecule has 1 saturated heterocycles. The second-order valence-electron chi connectivity index (χ2n) is 7.40. The smallest absolute Gasteiger partial charge is 0.221 e. The summed E-state index contributed by atoms with van der Waals surface area (Å²) in [5.41, 5.74) is 1.43. The predicted octanol–water partition coefficient (Wildman–Crippen LogP) is 2.50. The van der Waals surface area contributed by atoms with Gasteiger partial charge in [0.25, 0.3) is 0 Å². The first-order valence-corrected chi connectivity index (χ1v) is 10.1. The number of anilines is 2. The molecule has 1 heterocycles. The van der Waals surface area contributed by atoms with Crippen molar-refractivity contribution in [2.75, 3.05) is 43.6 Å². The van der Waals surface area contributed by atoms with Crippen molar-refractivity contribution in [3.63, 3.8) is 0 Å². The zero-order valence-electron chi connectivity index (χ0n) is 17.6. The van der Waals surface area contributed by atoms with E-state index in [1.165, 1.54) is 26.2 Å². The van der Waals surface area contributed by atoms with Gasteiger partial charge in [-0.25, -0.2) is 4.39 Å². The zero-order chi connectivity index (χ0) is 22.4. The number of aliphatic hydroxyl groups excluding tert-OH is 1. The summed E-state index contributed by atoms with van der Waals surface area (Å²) in [5.74, 6) is 0.458. The zero-order valence-corrected chi connectivity index (χ0v) is 17.6. The van der Waals surface area contributed by atoms with Crippen LogP contribution < -0.4 is 19.7 Å². The van der Waals surface area contributed by atoms with Gasteiger partial charge in [0, 0.05) is 50.4 Å². The molecular formula is C22H28FN3O5. The highest BCUT2D eigenvalue weighted by Crippen LogP contribution is 2.30. The summed E-state index contributed by atoms with van der Waals surface area (Å²) in [4.78, 5) is 13.2. The van der Waals surface area contributed by atoms with E-state index in [2.05, 4.69) is 5.32 Å². The largest absolute Gasteiger partial charge is 0.493 e. The van der Waals surface area contributed by atoms with Gasteiger partial charge < -0.3 is 30.0 Å². The molecule has 9 heteroatoms. The lowest BCUT2D eigenvalue weighted by Gasteiger charge is -2.41. The fourth-order valence-corrected chi connectivity index (χ4v) is 3.56. The molecule has 0 bridgehead atoms. The van der Waals surface area contributed by atoms with Gasteiger partial charge >= 0.3 is 0 Å². The molecule has 2 unspecified atom stereocenters. The fourth-order valence-electron chi connectivity index (χ4n) is 3.56. The number of hydroxylamine groups is 2. The number of hydrogen-bond acceptors (Lipinski definition) is 7. The maximum atomic E-state index is 13.2. The highest BCUT2D eigenvalue weighted by molar-refractivity contribution is 5.89. The highest BCUT2D eigenvalue weighted by Gasteiger charge is 2.31. The molecule has 0 radical (unpaired) electrons. The first-order chi connectivity index (χ1) is 14.9. The summed E-state index contributed by atoms with van der Waals surface area (Å²) in [6, 6.07) is 10.7.